The summed E-state index contributed by atoms with van der Waals surface area (Å²) >= 11 is 0. The molecule has 5 nitrogen and oxygen atoms in total. The summed E-state index contributed by atoms with van der Waals surface area (Å²) in [5, 5.41) is 7.29. The Kier molecular flexibility index (Phi) is 4.08. The molecule has 0 saturated carbocycles. The second kappa shape index (κ2) is 5.77. The predicted molar refractivity (Wildman–Crippen MR) is 82.8 cm³/mol. The molecular weight excluding hydrogens is 250 g/mol. The van der Waals surface area contributed by atoms with E-state index in [1.165, 1.54) is 11.1 Å². The maximum absolute atomic E-state index is 5.91. The number of aliphatic imine (C=N–C) groups is 1. The van der Waals surface area contributed by atoms with E-state index in [0.717, 1.165) is 16.9 Å². The maximum Gasteiger partial charge on any atom is 0.193 e. The SMILES string of the molecule is Cc1ccc(NC(N)=NCc2cnn(C)c2C)cc1C. The number of nitrogens with two attached hydrogens (primary N) is 1. The average molecular weight is 271 g/mol. The van der Waals surface area contributed by atoms with Crippen molar-refractivity contribution in [2.75, 3.05) is 5.32 Å². The normalized spacial score (nSPS) is 11.7. The fourth-order valence-electron chi connectivity index (χ4n) is 1.88. The largest absolute Gasteiger partial charge is 0.370 e. The molecule has 2 aromatic rings. The zero-order valence-corrected chi connectivity index (χ0v) is 12.4. The molecule has 0 atom stereocenters. The first-order valence-electron chi connectivity index (χ1n) is 6.59. The highest BCUT2D eigenvalue weighted by atomic mass is 15.3. The fourth-order valence-corrected chi connectivity index (χ4v) is 1.88. The van der Waals surface area contributed by atoms with Gasteiger partial charge in [-0.1, -0.05) is 6.07 Å². The van der Waals surface area contributed by atoms with Gasteiger partial charge in [0.25, 0.3) is 0 Å². The van der Waals surface area contributed by atoms with E-state index in [0.29, 0.717) is 12.5 Å². The van der Waals surface area contributed by atoms with E-state index < -0.39 is 0 Å². The van der Waals surface area contributed by atoms with Crippen molar-refractivity contribution in [2.45, 2.75) is 27.3 Å². The molecule has 5 heteroatoms. The Labute approximate surface area is 119 Å². The van der Waals surface area contributed by atoms with Crippen LogP contribution < -0.4 is 11.1 Å². The van der Waals surface area contributed by atoms with Crippen molar-refractivity contribution in [1.82, 2.24) is 9.78 Å². The Bertz CT molecular complexity index is 640. The van der Waals surface area contributed by atoms with E-state index in [1.807, 2.05) is 30.9 Å². The van der Waals surface area contributed by atoms with Crippen LogP contribution >= 0.6 is 0 Å². The van der Waals surface area contributed by atoms with E-state index >= 15 is 0 Å². The van der Waals surface area contributed by atoms with Crippen molar-refractivity contribution in [3.8, 4) is 0 Å². The highest BCUT2D eigenvalue weighted by molar-refractivity contribution is 5.92. The summed E-state index contributed by atoms with van der Waals surface area (Å²) < 4.78 is 1.83. The summed E-state index contributed by atoms with van der Waals surface area (Å²) in [4.78, 5) is 4.35. The molecule has 2 rings (SSSR count). The van der Waals surface area contributed by atoms with Gasteiger partial charge in [-0.3, -0.25) is 4.68 Å². The Hall–Kier alpha value is -2.30. The number of hydrogen-bond donors (Lipinski definition) is 2. The van der Waals surface area contributed by atoms with Crippen LogP contribution in [-0.4, -0.2) is 15.7 Å². The second-order valence-electron chi connectivity index (χ2n) is 5.00. The molecule has 0 aliphatic carbocycles. The van der Waals surface area contributed by atoms with Gasteiger partial charge in [0.05, 0.1) is 12.7 Å². The zero-order chi connectivity index (χ0) is 14.7. The molecule has 0 amide bonds. The van der Waals surface area contributed by atoms with Crippen LogP contribution in [0.4, 0.5) is 5.69 Å². The molecule has 0 fully saturated rings. The number of rotatable bonds is 3. The van der Waals surface area contributed by atoms with Gasteiger partial charge >= 0.3 is 0 Å². The molecule has 0 unspecified atom stereocenters. The van der Waals surface area contributed by atoms with Gasteiger partial charge < -0.3 is 11.1 Å². The molecule has 0 aliphatic heterocycles. The van der Waals surface area contributed by atoms with Crippen LogP contribution in [0.1, 0.15) is 22.4 Å². The monoisotopic (exact) mass is 271 g/mol. The number of nitrogens with one attached hydrogen (secondary N) is 1. The van der Waals surface area contributed by atoms with Gasteiger partial charge in [-0.25, -0.2) is 4.99 Å². The van der Waals surface area contributed by atoms with Gasteiger partial charge in [-0.2, -0.15) is 5.10 Å². The zero-order valence-electron chi connectivity index (χ0n) is 12.4. The van der Waals surface area contributed by atoms with Crippen LogP contribution in [0.25, 0.3) is 0 Å². The molecule has 0 radical (unpaired) electrons. The highest BCUT2D eigenvalue weighted by Crippen LogP contribution is 2.14. The number of anilines is 1. The smallest absolute Gasteiger partial charge is 0.193 e. The first kappa shape index (κ1) is 14.1. The lowest BCUT2D eigenvalue weighted by molar-refractivity contribution is 0.737. The first-order chi connectivity index (χ1) is 9.47. The van der Waals surface area contributed by atoms with E-state index in [9.17, 15) is 0 Å². The summed E-state index contributed by atoms with van der Waals surface area (Å²) in [6, 6.07) is 6.13. The maximum atomic E-state index is 5.91. The van der Waals surface area contributed by atoms with Crippen LogP contribution in [0.15, 0.2) is 29.4 Å². The van der Waals surface area contributed by atoms with Crippen molar-refractivity contribution in [2.24, 2.45) is 17.8 Å². The van der Waals surface area contributed by atoms with Crippen molar-refractivity contribution < 1.29 is 0 Å². The summed E-state index contributed by atoms with van der Waals surface area (Å²) in [5.41, 5.74) is 11.5. The molecule has 0 bridgehead atoms. The molecule has 106 valence electrons. The third-order valence-electron chi connectivity index (χ3n) is 3.54. The molecule has 0 spiro atoms. The molecule has 1 aromatic carbocycles. The van der Waals surface area contributed by atoms with Crippen LogP contribution in [0.5, 0.6) is 0 Å². The standard InChI is InChI=1S/C15H21N5/c1-10-5-6-14(7-11(10)2)19-15(16)17-8-13-9-18-20(4)12(13)3/h5-7,9H,8H2,1-4H3,(H3,16,17,19). The number of aryl methyl sites for hydroxylation is 3. The quantitative estimate of drug-likeness (QED) is 0.664. The molecule has 0 aliphatic rings. The van der Waals surface area contributed by atoms with Gasteiger partial charge in [-0.15, -0.1) is 0 Å². The topological polar surface area (TPSA) is 68.2 Å². The number of aromatic nitrogens is 2. The summed E-state index contributed by atoms with van der Waals surface area (Å²) in [7, 11) is 1.92. The number of hydrogen-bond acceptors (Lipinski definition) is 2. The Morgan fingerprint density at radius 2 is 2.05 bits per heavy atom. The molecule has 1 heterocycles. The lowest BCUT2D eigenvalue weighted by Crippen LogP contribution is -2.22. The molecule has 20 heavy (non-hydrogen) atoms. The minimum absolute atomic E-state index is 0.413. The van der Waals surface area contributed by atoms with E-state index in [1.54, 1.807) is 0 Å². The van der Waals surface area contributed by atoms with Gasteiger partial charge in [0.2, 0.25) is 0 Å². The van der Waals surface area contributed by atoms with Gasteiger partial charge in [0, 0.05) is 24.0 Å². The summed E-state index contributed by atoms with van der Waals surface area (Å²) in [6.07, 6.45) is 1.82. The minimum Gasteiger partial charge on any atom is -0.370 e. The van der Waals surface area contributed by atoms with E-state index in [-0.39, 0.29) is 0 Å². The lowest BCUT2D eigenvalue weighted by Gasteiger charge is -2.08. The minimum atomic E-state index is 0.413. The van der Waals surface area contributed by atoms with Crippen LogP contribution in [0.3, 0.4) is 0 Å². The van der Waals surface area contributed by atoms with Gasteiger partial charge in [0.1, 0.15) is 0 Å². The third-order valence-corrected chi connectivity index (χ3v) is 3.54. The average Bonchev–Trinajstić information content (AvgIpc) is 2.72. The summed E-state index contributed by atoms with van der Waals surface area (Å²) in [6.45, 7) is 6.71. The van der Waals surface area contributed by atoms with Crippen molar-refractivity contribution in [3.05, 3.63) is 46.8 Å². The number of nitrogens with zero attached hydrogens (tertiary/aromatic N) is 3. The van der Waals surface area contributed by atoms with E-state index in [4.69, 9.17) is 5.73 Å². The van der Waals surface area contributed by atoms with Gasteiger partial charge in [-0.05, 0) is 44.0 Å². The van der Waals surface area contributed by atoms with Crippen molar-refractivity contribution in [3.63, 3.8) is 0 Å². The molecule has 3 N–H and O–H groups in total. The Morgan fingerprint density at radius 1 is 1.30 bits per heavy atom. The fraction of sp³-hybridized carbons (Fsp3) is 0.333. The van der Waals surface area contributed by atoms with Crippen LogP contribution in [0.2, 0.25) is 0 Å². The molecule has 1 aromatic heterocycles. The van der Waals surface area contributed by atoms with Crippen LogP contribution in [-0.2, 0) is 13.6 Å². The van der Waals surface area contributed by atoms with Crippen molar-refractivity contribution >= 4 is 11.6 Å². The second-order valence-corrected chi connectivity index (χ2v) is 5.00. The Balaban J connectivity index is 2.04. The van der Waals surface area contributed by atoms with E-state index in [2.05, 4.69) is 41.4 Å². The van der Waals surface area contributed by atoms with Crippen LogP contribution in [0, 0.1) is 20.8 Å². The van der Waals surface area contributed by atoms with Gasteiger partial charge in [0.15, 0.2) is 5.96 Å². The third kappa shape index (κ3) is 3.17. The number of guanidine groups is 1. The lowest BCUT2D eigenvalue weighted by atomic mass is 10.1. The highest BCUT2D eigenvalue weighted by Gasteiger charge is 2.03. The molecular formula is C15H21N5. The Morgan fingerprint density at radius 3 is 2.65 bits per heavy atom. The number of benzene rings is 1. The summed E-state index contributed by atoms with van der Waals surface area (Å²) in [5.74, 6) is 0.413. The van der Waals surface area contributed by atoms with Crippen molar-refractivity contribution in [1.29, 1.82) is 0 Å². The molecule has 0 saturated heterocycles. The predicted octanol–water partition coefficient (Wildman–Crippen LogP) is 2.27. The first-order valence-corrected chi connectivity index (χ1v) is 6.59.